The first-order chi connectivity index (χ1) is 5.48. The maximum Gasteiger partial charge on any atom is 0.329 e. The third-order valence-electron chi connectivity index (χ3n) is 2.31. The molecular weight excluding hydrogens is 182 g/mol. The summed E-state index contributed by atoms with van der Waals surface area (Å²) in [7, 11) is 0. The van der Waals surface area contributed by atoms with Gasteiger partial charge in [0.25, 0.3) is 0 Å². The first-order valence-corrected chi connectivity index (χ1v) is 4.07. The Labute approximate surface area is 75.1 Å². The van der Waals surface area contributed by atoms with E-state index < -0.39 is 16.9 Å². The van der Waals surface area contributed by atoms with Gasteiger partial charge in [0.05, 0.1) is 0 Å². The lowest BCUT2D eigenvalue weighted by Gasteiger charge is -2.28. The van der Waals surface area contributed by atoms with Gasteiger partial charge in [-0.05, 0) is 31.4 Å². The second kappa shape index (κ2) is 2.94. The van der Waals surface area contributed by atoms with Crippen LogP contribution in [0, 0.1) is 0 Å². The fraction of sp³-hybridized carbons (Fsp3) is 0.714. The molecule has 0 radical (unpaired) electrons. The molecule has 1 saturated heterocycles. The second-order valence-corrected chi connectivity index (χ2v) is 3.41. The highest BCUT2D eigenvalue weighted by Crippen LogP contribution is 2.30. The van der Waals surface area contributed by atoms with Gasteiger partial charge < -0.3 is 10.0 Å². The predicted octanol–water partition coefficient (Wildman–Crippen LogP) is 1.28. The van der Waals surface area contributed by atoms with Crippen molar-refractivity contribution < 1.29 is 14.7 Å². The van der Waals surface area contributed by atoms with Gasteiger partial charge in [-0.1, -0.05) is 0 Å². The molecule has 0 saturated carbocycles. The van der Waals surface area contributed by atoms with Crippen molar-refractivity contribution in [3.05, 3.63) is 0 Å². The highest BCUT2D eigenvalue weighted by Gasteiger charge is 2.45. The fourth-order valence-electron chi connectivity index (χ4n) is 1.47. The minimum Gasteiger partial charge on any atom is -0.480 e. The van der Waals surface area contributed by atoms with E-state index in [1.807, 2.05) is 0 Å². The summed E-state index contributed by atoms with van der Waals surface area (Å²) >= 11 is 5.24. The Morgan fingerprint density at radius 1 is 1.58 bits per heavy atom. The van der Waals surface area contributed by atoms with E-state index in [0.29, 0.717) is 19.4 Å². The summed E-state index contributed by atoms with van der Waals surface area (Å²) in [4.78, 5) is 22.8. The number of hydrogen-bond acceptors (Lipinski definition) is 2. The SMILES string of the molecule is C[C@@]1(C(=O)O)CCCN1C(=O)Cl. The van der Waals surface area contributed by atoms with Crippen molar-refractivity contribution in [3.63, 3.8) is 0 Å². The van der Waals surface area contributed by atoms with Crippen molar-refractivity contribution >= 4 is 22.9 Å². The summed E-state index contributed by atoms with van der Waals surface area (Å²) in [6.45, 7) is 1.95. The molecular formula is C7H10ClNO3. The first-order valence-electron chi connectivity index (χ1n) is 3.69. The fourth-order valence-corrected chi connectivity index (χ4v) is 1.74. The Bertz CT molecular complexity index is 231. The lowest BCUT2D eigenvalue weighted by Crippen LogP contribution is -2.48. The van der Waals surface area contributed by atoms with Crippen LogP contribution >= 0.6 is 11.6 Å². The molecule has 1 atom stereocenters. The lowest BCUT2D eigenvalue weighted by molar-refractivity contribution is -0.146. The lowest BCUT2D eigenvalue weighted by atomic mass is 10.00. The van der Waals surface area contributed by atoms with Gasteiger partial charge in [0.2, 0.25) is 0 Å². The smallest absolute Gasteiger partial charge is 0.329 e. The molecule has 1 rings (SSSR count). The van der Waals surface area contributed by atoms with Crippen molar-refractivity contribution in [1.29, 1.82) is 0 Å². The molecule has 1 heterocycles. The highest BCUT2D eigenvalue weighted by atomic mass is 35.5. The van der Waals surface area contributed by atoms with Gasteiger partial charge in [-0.2, -0.15) is 0 Å². The van der Waals surface area contributed by atoms with E-state index in [-0.39, 0.29) is 0 Å². The molecule has 0 aliphatic carbocycles. The van der Waals surface area contributed by atoms with Crippen molar-refractivity contribution in [2.45, 2.75) is 25.3 Å². The van der Waals surface area contributed by atoms with Crippen LogP contribution in [0.2, 0.25) is 0 Å². The van der Waals surface area contributed by atoms with Crippen LogP contribution in [0.4, 0.5) is 4.79 Å². The number of nitrogens with zero attached hydrogens (tertiary/aromatic N) is 1. The van der Waals surface area contributed by atoms with Gasteiger partial charge >= 0.3 is 11.3 Å². The topological polar surface area (TPSA) is 57.6 Å². The number of aliphatic carboxylic acids is 1. The quantitative estimate of drug-likeness (QED) is 0.502. The van der Waals surface area contributed by atoms with Crippen LogP contribution in [-0.2, 0) is 4.79 Å². The van der Waals surface area contributed by atoms with E-state index >= 15 is 0 Å². The third kappa shape index (κ3) is 1.27. The molecule has 0 aromatic carbocycles. The van der Waals surface area contributed by atoms with E-state index in [2.05, 4.69) is 0 Å². The van der Waals surface area contributed by atoms with E-state index in [9.17, 15) is 9.59 Å². The molecule has 1 aliphatic heterocycles. The van der Waals surface area contributed by atoms with Crippen molar-refractivity contribution in [2.24, 2.45) is 0 Å². The Morgan fingerprint density at radius 2 is 2.17 bits per heavy atom. The summed E-state index contributed by atoms with van der Waals surface area (Å²) in [6, 6.07) is 0. The molecule has 0 aromatic heterocycles. The predicted molar refractivity (Wildman–Crippen MR) is 43.2 cm³/mol. The number of likely N-dealkylation sites (tertiary alicyclic amines) is 1. The maximum absolute atomic E-state index is 10.8. The van der Waals surface area contributed by atoms with Gasteiger partial charge in [-0.15, -0.1) is 0 Å². The number of carbonyl (C=O) groups excluding carboxylic acids is 1. The summed E-state index contributed by atoms with van der Waals surface area (Å²) < 4.78 is 0. The Hall–Kier alpha value is -0.770. The molecule has 0 bridgehead atoms. The third-order valence-corrected chi connectivity index (χ3v) is 2.52. The Balaban J connectivity index is 2.89. The molecule has 1 fully saturated rings. The van der Waals surface area contributed by atoms with Crippen molar-refractivity contribution in [2.75, 3.05) is 6.54 Å². The van der Waals surface area contributed by atoms with Crippen LogP contribution in [0.1, 0.15) is 19.8 Å². The Kier molecular flexibility index (Phi) is 2.28. The molecule has 12 heavy (non-hydrogen) atoms. The highest BCUT2D eigenvalue weighted by molar-refractivity contribution is 6.63. The molecule has 0 spiro atoms. The van der Waals surface area contributed by atoms with Gasteiger partial charge in [-0.25, -0.2) is 4.79 Å². The van der Waals surface area contributed by atoms with Gasteiger partial charge in [-0.3, -0.25) is 4.79 Å². The number of carboxylic acids is 1. The van der Waals surface area contributed by atoms with Gasteiger partial charge in [0, 0.05) is 6.54 Å². The average molecular weight is 192 g/mol. The number of rotatable bonds is 1. The van der Waals surface area contributed by atoms with E-state index in [1.54, 1.807) is 0 Å². The zero-order valence-electron chi connectivity index (χ0n) is 6.71. The average Bonchev–Trinajstić information content (AvgIpc) is 2.32. The zero-order valence-corrected chi connectivity index (χ0v) is 7.47. The van der Waals surface area contributed by atoms with Gasteiger partial charge in [0.15, 0.2) is 0 Å². The van der Waals surface area contributed by atoms with E-state index in [4.69, 9.17) is 16.7 Å². The number of amides is 1. The normalized spacial score (nSPS) is 29.0. The summed E-state index contributed by atoms with van der Waals surface area (Å²) in [5.74, 6) is -0.992. The first kappa shape index (κ1) is 9.32. The van der Waals surface area contributed by atoms with Crippen LogP contribution in [0.3, 0.4) is 0 Å². The second-order valence-electron chi connectivity index (χ2n) is 3.09. The summed E-state index contributed by atoms with van der Waals surface area (Å²) in [5.41, 5.74) is -1.10. The molecule has 68 valence electrons. The standard InChI is InChI=1S/C7H10ClNO3/c1-7(5(10)11)3-2-4-9(7)6(8)12/h2-4H2,1H3,(H,10,11)/t7-/m0/s1. The van der Waals surface area contributed by atoms with Crippen LogP contribution in [-0.4, -0.2) is 33.4 Å². The van der Waals surface area contributed by atoms with Gasteiger partial charge in [0.1, 0.15) is 5.54 Å². The largest absolute Gasteiger partial charge is 0.480 e. The van der Waals surface area contributed by atoms with Crippen molar-refractivity contribution in [1.82, 2.24) is 4.90 Å². The van der Waals surface area contributed by atoms with Crippen LogP contribution in [0.5, 0.6) is 0 Å². The summed E-state index contributed by atoms with van der Waals surface area (Å²) in [5, 5.41) is 8.16. The van der Waals surface area contributed by atoms with E-state index in [1.165, 1.54) is 11.8 Å². The number of carbonyl (C=O) groups is 2. The molecule has 5 heteroatoms. The minimum absolute atomic E-state index is 0.436. The number of halogens is 1. The monoisotopic (exact) mass is 191 g/mol. The maximum atomic E-state index is 10.8. The summed E-state index contributed by atoms with van der Waals surface area (Å²) in [6.07, 6.45) is 1.17. The molecule has 1 amide bonds. The Morgan fingerprint density at radius 3 is 2.50 bits per heavy atom. The molecule has 1 aliphatic rings. The molecule has 0 aromatic rings. The molecule has 1 N–H and O–H groups in total. The van der Waals surface area contributed by atoms with Crippen LogP contribution in [0.25, 0.3) is 0 Å². The number of carboxylic acid groups (broad SMARTS) is 1. The number of hydrogen-bond donors (Lipinski definition) is 1. The van der Waals surface area contributed by atoms with Crippen LogP contribution < -0.4 is 0 Å². The zero-order chi connectivity index (χ0) is 9.35. The van der Waals surface area contributed by atoms with E-state index in [0.717, 1.165) is 0 Å². The molecule has 0 unspecified atom stereocenters. The molecule has 4 nitrogen and oxygen atoms in total. The van der Waals surface area contributed by atoms with Crippen molar-refractivity contribution in [3.8, 4) is 0 Å². The van der Waals surface area contributed by atoms with Crippen LogP contribution in [0.15, 0.2) is 0 Å². The minimum atomic E-state index is -1.10.